The maximum atomic E-state index is 6.38. The van der Waals surface area contributed by atoms with Crippen molar-refractivity contribution in [3.05, 3.63) is 83.6 Å². The molecule has 0 amide bonds. The van der Waals surface area contributed by atoms with Gasteiger partial charge in [0, 0.05) is 24.2 Å². The SMILES string of the molecule is Cc1ccc(-c2cnn3ccc(C(N)c4cccnc4)nc23)cc1C. The first-order chi connectivity index (χ1) is 12.1. The average Bonchev–Trinajstić information content (AvgIpc) is 3.07. The van der Waals surface area contributed by atoms with Gasteiger partial charge in [0.05, 0.1) is 17.9 Å². The van der Waals surface area contributed by atoms with E-state index >= 15 is 0 Å². The molecule has 1 aromatic carbocycles. The van der Waals surface area contributed by atoms with Crippen molar-refractivity contribution < 1.29 is 0 Å². The number of rotatable bonds is 3. The fourth-order valence-electron chi connectivity index (χ4n) is 2.90. The first-order valence-electron chi connectivity index (χ1n) is 8.21. The van der Waals surface area contributed by atoms with Crippen molar-refractivity contribution in [3.8, 4) is 11.1 Å². The van der Waals surface area contributed by atoms with Crippen LogP contribution in [-0.4, -0.2) is 19.6 Å². The molecule has 0 saturated heterocycles. The van der Waals surface area contributed by atoms with Gasteiger partial charge < -0.3 is 5.73 Å². The Kier molecular flexibility index (Phi) is 3.78. The van der Waals surface area contributed by atoms with E-state index in [-0.39, 0.29) is 6.04 Å². The van der Waals surface area contributed by atoms with Crippen LogP contribution in [0.5, 0.6) is 0 Å². The standard InChI is InChI=1S/C20H19N5/c1-13-5-6-15(10-14(13)2)17-12-23-25-9-7-18(24-20(17)25)19(21)16-4-3-8-22-11-16/h3-12,19H,21H2,1-2H3. The third-order valence-corrected chi connectivity index (χ3v) is 4.57. The Balaban J connectivity index is 1.81. The molecular weight excluding hydrogens is 310 g/mol. The van der Waals surface area contributed by atoms with Crippen LogP contribution in [0.1, 0.15) is 28.4 Å². The van der Waals surface area contributed by atoms with Crippen molar-refractivity contribution in [2.45, 2.75) is 19.9 Å². The van der Waals surface area contributed by atoms with Gasteiger partial charge >= 0.3 is 0 Å². The molecule has 0 fully saturated rings. The molecule has 124 valence electrons. The number of hydrogen-bond acceptors (Lipinski definition) is 4. The van der Waals surface area contributed by atoms with Crippen LogP contribution in [0.3, 0.4) is 0 Å². The van der Waals surface area contributed by atoms with Gasteiger partial charge in [-0.1, -0.05) is 24.3 Å². The van der Waals surface area contributed by atoms with Gasteiger partial charge in [-0.2, -0.15) is 5.10 Å². The summed E-state index contributed by atoms with van der Waals surface area (Å²) in [4.78, 5) is 8.93. The van der Waals surface area contributed by atoms with Crippen molar-refractivity contribution in [2.24, 2.45) is 5.73 Å². The summed E-state index contributed by atoms with van der Waals surface area (Å²) in [6, 6.07) is 11.8. The first-order valence-corrected chi connectivity index (χ1v) is 8.21. The molecule has 1 atom stereocenters. The van der Waals surface area contributed by atoms with Gasteiger partial charge in [0.25, 0.3) is 0 Å². The summed E-state index contributed by atoms with van der Waals surface area (Å²) in [5.41, 5.74) is 13.5. The van der Waals surface area contributed by atoms with E-state index in [2.05, 4.69) is 42.1 Å². The number of aryl methyl sites for hydroxylation is 2. The van der Waals surface area contributed by atoms with Crippen LogP contribution in [0.4, 0.5) is 0 Å². The third-order valence-electron chi connectivity index (χ3n) is 4.57. The predicted molar refractivity (Wildman–Crippen MR) is 98.2 cm³/mol. The zero-order chi connectivity index (χ0) is 17.4. The van der Waals surface area contributed by atoms with Gasteiger partial charge in [0.1, 0.15) is 0 Å². The van der Waals surface area contributed by atoms with Crippen LogP contribution >= 0.6 is 0 Å². The summed E-state index contributed by atoms with van der Waals surface area (Å²) in [5, 5.41) is 4.42. The molecule has 4 aromatic rings. The second-order valence-corrected chi connectivity index (χ2v) is 6.24. The fraction of sp³-hybridized carbons (Fsp3) is 0.150. The second-order valence-electron chi connectivity index (χ2n) is 6.24. The summed E-state index contributed by atoms with van der Waals surface area (Å²) in [7, 11) is 0. The lowest BCUT2D eigenvalue weighted by Crippen LogP contribution is -2.14. The number of fused-ring (bicyclic) bond motifs is 1. The van der Waals surface area contributed by atoms with E-state index in [9.17, 15) is 0 Å². The number of aromatic nitrogens is 4. The van der Waals surface area contributed by atoms with Crippen molar-refractivity contribution in [3.63, 3.8) is 0 Å². The highest BCUT2D eigenvalue weighted by Gasteiger charge is 2.14. The van der Waals surface area contributed by atoms with Crippen molar-refractivity contribution >= 4 is 5.65 Å². The van der Waals surface area contributed by atoms with Gasteiger partial charge in [-0.05, 0) is 48.2 Å². The lowest BCUT2D eigenvalue weighted by Gasteiger charge is -2.11. The van der Waals surface area contributed by atoms with Crippen LogP contribution in [0.15, 0.2) is 61.2 Å². The lowest BCUT2D eigenvalue weighted by atomic mass is 10.0. The number of nitrogens with two attached hydrogens (primary N) is 1. The van der Waals surface area contributed by atoms with Crippen LogP contribution in [0, 0.1) is 13.8 Å². The van der Waals surface area contributed by atoms with E-state index in [1.165, 1.54) is 11.1 Å². The fourth-order valence-corrected chi connectivity index (χ4v) is 2.90. The normalized spacial score (nSPS) is 12.4. The molecule has 4 rings (SSSR count). The van der Waals surface area contributed by atoms with E-state index in [1.807, 2.05) is 30.6 Å². The van der Waals surface area contributed by atoms with E-state index in [4.69, 9.17) is 10.7 Å². The number of nitrogens with zero attached hydrogens (tertiary/aromatic N) is 4. The number of benzene rings is 1. The molecule has 5 nitrogen and oxygen atoms in total. The zero-order valence-corrected chi connectivity index (χ0v) is 14.2. The number of pyridine rings is 1. The summed E-state index contributed by atoms with van der Waals surface area (Å²) in [6.07, 6.45) is 7.27. The van der Waals surface area contributed by atoms with Crippen molar-refractivity contribution in [1.29, 1.82) is 0 Å². The van der Waals surface area contributed by atoms with Crippen LogP contribution in [0.2, 0.25) is 0 Å². The monoisotopic (exact) mass is 329 g/mol. The Labute approximate surface area is 146 Å². The van der Waals surface area contributed by atoms with Gasteiger partial charge in [0.15, 0.2) is 5.65 Å². The van der Waals surface area contributed by atoms with Gasteiger partial charge in [-0.15, -0.1) is 0 Å². The Morgan fingerprint density at radius 1 is 1.04 bits per heavy atom. The highest BCUT2D eigenvalue weighted by Crippen LogP contribution is 2.26. The zero-order valence-electron chi connectivity index (χ0n) is 14.2. The molecule has 0 aliphatic rings. The Morgan fingerprint density at radius 2 is 1.92 bits per heavy atom. The van der Waals surface area contributed by atoms with E-state index in [1.54, 1.807) is 16.9 Å². The minimum Gasteiger partial charge on any atom is -0.319 e. The highest BCUT2D eigenvalue weighted by atomic mass is 15.2. The van der Waals surface area contributed by atoms with Gasteiger partial charge in [-0.3, -0.25) is 4.98 Å². The Bertz CT molecular complexity index is 1040. The molecule has 0 radical (unpaired) electrons. The second kappa shape index (κ2) is 6.11. The van der Waals surface area contributed by atoms with Crippen LogP contribution in [-0.2, 0) is 0 Å². The van der Waals surface area contributed by atoms with E-state index in [0.717, 1.165) is 28.0 Å². The van der Waals surface area contributed by atoms with E-state index in [0.29, 0.717) is 0 Å². The van der Waals surface area contributed by atoms with Crippen LogP contribution in [0.25, 0.3) is 16.8 Å². The maximum Gasteiger partial charge on any atom is 0.163 e. The Morgan fingerprint density at radius 3 is 2.68 bits per heavy atom. The van der Waals surface area contributed by atoms with E-state index < -0.39 is 0 Å². The quantitative estimate of drug-likeness (QED) is 0.625. The highest BCUT2D eigenvalue weighted by molar-refractivity contribution is 5.77. The third kappa shape index (κ3) is 2.79. The molecule has 1 unspecified atom stereocenters. The van der Waals surface area contributed by atoms with Gasteiger partial charge in [0.2, 0.25) is 0 Å². The molecule has 0 aliphatic heterocycles. The number of hydrogen-bond donors (Lipinski definition) is 1. The Hall–Kier alpha value is -3.05. The molecule has 3 heterocycles. The molecule has 25 heavy (non-hydrogen) atoms. The minimum atomic E-state index is -0.318. The summed E-state index contributed by atoms with van der Waals surface area (Å²) in [6.45, 7) is 4.22. The van der Waals surface area contributed by atoms with Gasteiger partial charge in [-0.25, -0.2) is 9.50 Å². The average molecular weight is 329 g/mol. The molecular formula is C20H19N5. The topological polar surface area (TPSA) is 69.1 Å². The predicted octanol–water partition coefficient (Wildman–Crippen LogP) is 3.46. The van der Waals surface area contributed by atoms with Crippen molar-refractivity contribution in [1.82, 2.24) is 19.6 Å². The summed E-state index contributed by atoms with van der Waals surface area (Å²) < 4.78 is 1.78. The van der Waals surface area contributed by atoms with Crippen molar-refractivity contribution in [2.75, 3.05) is 0 Å². The molecule has 2 N–H and O–H groups in total. The molecule has 0 bridgehead atoms. The van der Waals surface area contributed by atoms with Crippen LogP contribution < -0.4 is 5.73 Å². The lowest BCUT2D eigenvalue weighted by molar-refractivity contribution is 0.809. The smallest absolute Gasteiger partial charge is 0.163 e. The molecule has 5 heteroatoms. The molecule has 3 aromatic heterocycles. The molecule has 0 spiro atoms. The molecule has 0 aliphatic carbocycles. The summed E-state index contributed by atoms with van der Waals surface area (Å²) >= 11 is 0. The largest absolute Gasteiger partial charge is 0.319 e. The summed E-state index contributed by atoms with van der Waals surface area (Å²) in [5.74, 6) is 0. The molecule has 0 saturated carbocycles. The minimum absolute atomic E-state index is 0.318. The first kappa shape index (κ1) is 15.5. The maximum absolute atomic E-state index is 6.38.